The van der Waals surface area contributed by atoms with E-state index in [0.29, 0.717) is 10.6 Å². The number of ether oxygens (including phenoxy) is 1. The summed E-state index contributed by atoms with van der Waals surface area (Å²) in [6.45, 7) is 5.21. The fraction of sp³-hybridized carbons (Fsp3) is 0.235. The summed E-state index contributed by atoms with van der Waals surface area (Å²) in [5, 5.41) is 0.976. The van der Waals surface area contributed by atoms with Gasteiger partial charge >= 0.3 is 6.09 Å². The molecule has 23 heavy (non-hydrogen) atoms. The van der Waals surface area contributed by atoms with Crippen LogP contribution in [0.25, 0.3) is 0 Å². The van der Waals surface area contributed by atoms with Crippen LogP contribution >= 0.6 is 7.37 Å². The zero-order valence-corrected chi connectivity index (χ0v) is 14.2. The summed E-state index contributed by atoms with van der Waals surface area (Å²) in [7, 11) is -3.46. The number of carbonyl (C=O) groups is 1. The van der Waals surface area contributed by atoms with Gasteiger partial charge in [-0.15, -0.1) is 0 Å². The van der Waals surface area contributed by atoms with Gasteiger partial charge in [0.05, 0.1) is 0 Å². The molecule has 122 valence electrons. The van der Waals surface area contributed by atoms with Crippen molar-refractivity contribution in [3.05, 3.63) is 60.7 Å². The van der Waals surface area contributed by atoms with E-state index in [1.165, 1.54) is 0 Å². The Morgan fingerprint density at radius 2 is 1.35 bits per heavy atom. The Morgan fingerprint density at radius 3 is 1.74 bits per heavy atom. The molecule has 0 atom stereocenters. The Balaban J connectivity index is 2.26. The number of rotatable bonds is 4. The molecule has 0 spiro atoms. The Hall–Kier alpha value is -2.10. The van der Waals surface area contributed by atoms with E-state index in [-0.39, 0.29) is 0 Å². The second-order valence-electron chi connectivity index (χ2n) is 5.92. The van der Waals surface area contributed by atoms with Crippen molar-refractivity contribution in [3.8, 4) is 0 Å². The quantitative estimate of drug-likeness (QED) is 0.688. The van der Waals surface area contributed by atoms with E-state index in [2.05, 4.69) is 5.48 Å². The first-order valence-corrected chi connectivity index (χ1v) is 8.82. The third kappa shape index (κ3) is 4.68. The van der Waals surface area contributed by atoms with Gasteiger partial charge in [-0.2, -0.15) is 5.48 Å². The molecule has 0 aromatic heterocycles. The summed E-state index contributed by atoms with van der Waals surface area (Å²) in [5.74, 6) is 0. The molecule has 2 aromatic rings. The molecule has 0 aliphatic carbocycles. The van der Waals surface area contributed by atoms with Crippen molar-refractivity contribution in [2.75, 3.05) is 0 Å². The number of hydroxylamine groups is 1. The summed E-state index contributed by atoms with van der Waals surface area (Å²) in [6, 6.07) is 17.5. The minimum absolute atomic E-state index is 0.488. The molecule has 5 nitrogen and oxygen atoms in total. The second kappa shape index (κ2) is 6.99. The Labute approximate surface area is 136 Å². The largest absolute Gasteiger partial charge is 0.442 e. The third-order valence-corrected chi connectivity index (χ3v) is 5.15. The highest BCUT2D eigenvalue weighted by molar-refractivity contribution is 7.74. The highest BCUT2D eigenvalue weighted by Gasteiger charge is 2.30. The molecular weight excluding hydrogens is 313 g/mol. The standard InChI is InChI=1S/C17H20NO4P/c1-17(2,3)21-16(19)18-22-23(20,14-10-6-4-7-11-14)15-12-8-5-9-13-15/h4-13H,1-3H3,(H,18,19). The molecule has 6 heteroatoms. The zero-order valence-electron chi connectivity index (χ0n) is 13.4. The minimum atomic E-state index is -3.46. The predicted octanol–water partition coefficient (Wildman–Crippen LogP) is 3.37. The van der Waals surface area contributed by atoms with Gasteiger partial charge in [0, 0.05) is 10.6 Å². The molecular formula is C17H20NO4P. The van der Waals surface area contributed by atoms with Crippen molar-refractivity contribution < 1.29 is 18.7 Å². The molecule has 0 heterocycles. The molecule has 0 bridgehead atoms. The number of hydrogen-bond acceptors (Lipinski definition) is 4. The number of hydrogen-bond donors (Lipinski definition) is 1. The molecule has 1 amide bonds. The SMILES string of the molecule is CC(C)(C)OC(=O)NOP(=O)(c1ccccc1)c1ccccc1. The van der Waals surface area contributed by atoms with Gasteiger partial charge in [-0.25, -0.2) is 9.42 Å². The number of carbonyl (C=O) groups excluding carboxylic acids is 1. The fourth-order valence-electron chi connectivity index (χ4n) is 1.90. The Morgan fingerprint density at radius 1 is 0.913 bits per heavy atom. The van der Waals surface area contributed by atoms with E-state index in [9.17, 15) is 9.36 Å². The maximum absolute atomic E-state index is 13.4. The van der Waals surface area contributed by atoms with Gasteiger partial charge in [0.25, 0.3) is 7.37 Å². The van der Waals surface area contributed by atoms with Crippen molar-refractivity contribution >= 4 is 24.1 Å². The van der Waals surface area contributed by atoms with Gasteiger partial charge in [0.2, 0.25) is 0 Å². The lowest BCUT2D eigenvalue weighted by Gasteiger charge is -2.22. The van der Waals surface area contributed by atoms with Crippen LogP contribution in [0.15, 0.2) is 60.7 Å². The van der Waals surface area contributed by atoms with Crippen LogP contribution in [0.3, 0.4) is 0 Å². The van der Waals surface area contributed by atoms with Crippen molar-refractivity contribution in [1.82, 2.24) is 5.48 Å². The topological polar surface area (TPSA) is 64.6 Å². The third-order valence-electron chi connectivity index (χ3n) is 2.85. The monoisotopic (exact) mass is 333 g/mol. The van der Waals surface area contributed by atoms with E-state index in [1.807, 2.05) is 12.1 Å². The van der Waals surface area contributed by atoms with E-state index >= 15 is 0 Å². The maximum atomic E-state index is 13.4. The molecule has 0 aliphatic rings. The van der Waals surface area contributed by atoms with Gasteiger partial charge < -0.3 is 4.74 Å². The molecule has 0 saturated carbocycles. The normalized spacial score (nSPS) is 11.8. The van der Waals surface area contributed by atoms with Crippen molar-refractivity contribution in [2.45, 2.75) is 26.4 Å². The van der Waals surface area contributed by atoms with Crippen LogP contribution < -0.4 is 16.1 Å². The first kappa shape index (κ1) is 17.3. The minimum Gasteiger partial charge on any atom is -0.442 e. The molecule has 0 fully saturated rings. The molecule has 0 aliphatic heterocycles. The van der Waals surface area contributed by atoms with Crippen molar-refractivity contribution in [3.63, 3.8) is 0 Å². The molecule has 2 aromatic carbocycles. The Kier molecular flexibility index (Phi) is 5.24. The average molecular weight is 333 g/mol. The lowest BCUT2D eigenvalue weighted by atomic mass is 10.2. The van der Waals surface area contributed by atoms with E-state index in [0.717, 1.165) is 0 Å². The van der Waals surface area contributed by atoms with E-state index < -0.39 is 19.1 Å². The van der Waals surface area contributed by atoms with Crippen LogP contribution in [0, 0.1) is 0 Å². The van der Waals surface area contributed by atoms with E-state index in [1.54, 1.807) is 69.3 Å². The highest BCUT2D eigenvalue weighted by Crippen LogP contribution is 2.43. The van der Waals surface area contributed by atoms with E-state index in [4.69, 9.17) is 9.36 Å². The lowest BCUT2D eigenvalue weighted by Crippen LogP contribution is -2.34. The predicted molar refractivity (Wildman–Crippen MR) is 90.2 cm³/mol. The molecule has 0 saturated heterocycles. The lowest BCUT2D eigenvalue weighted by molar-refractivity contribution is 0.0299. The van der Waals surface area contributed by atoms with Gasteiger partial charge in [-0.1, -0.05) is 36.4 Å². The zero-order chi connectivity index (χ0) is 16.9. The van der Waals surface area contributed by atoms with Crippen LogP contribution in [-0.4, -0.2) is 11.7 Å². The van der Waals surface area contributed by atoms with Gasteiger partial charge in [-0.05, 0) is 45.0 Å². The highest BCUT2D eigenvalue weighted by atomic mass is 31.2. The van der Waals surface area contributed by atoms with Gasteiger partial charge in [-0.3, -0.25) is 4.57 Å². The second-order valence-corrected chi connectivity index (χ2v) is 8.24. The number of nitrogens with one attached hydrogen (secondary N) is 1. The molecule has 0 radical (unpaired) electrons. The molecule has 1 N–H and O–H groups in total. The van der Waals surface area contributed by atoms with Crippen LogP contribution in [0.5, 0.6) is 0 Å². The number of amides is 1. The number of benzene rings is 2. The van der Waals surface area contributed by atoms with Crippen LogP contribution in [-0.2, 0) is 13.9 Å². The van der Waals surface area contributed by atoms with Crippen molar-refractivity contribution in [1.29, 1.82) is 0 Å². The fourth-order valence-corrected chi connectivity index (χ4v) is 3.74. The first-order chi connectivity index (χ1) is 10.8. The maximum Gasteiger partial charge on any atom is 0.432 e. The molecule has 2 rings (SSSR count). The van der Waals surface area contributed by atoms with Crippen LogP contribution in [0.2, 0.25) is 0 Å². The van der Waals surface area contributed by atoms with Crippen LogP contribution in [0.4, 0.5) is 4.79 Å². The summed E-state index contributed by atoms with van der Waals surface area (Å²) in [5.41, 5.74) is 1.48. The van der Waals surface area contributed by atoms with Gasteiger partial charge in [0.1, 0.15) is 5.60 Å². The first-order valence-electron chi connectivity index (χ1n) is 7.20. The summed E-state index contributed by atoms with van der Waals surface area (Å²) >= 11 is 0. The summed E-state index contributed by atoms with van der Waals surface area (Å²) in [6.07, 6.45) is -0.787. The van der Waals surface area contributed by atoms with Crippen LogP contribution in [0.1, 0.15) is 20.8 Å². The molecule has 0 unspecified atom stereocenters. The van der Waals surface area contributed by atoms with Crippen molar-refractivity contribution in [2.24, 2.45) is 0 Å². The average Bonchev–Trinajstić information content (AvgIpc) is 2.53. The smallest absolute Gasteiger partial charge is 0.432 e. The summed E-state index contributed by atoms with van der Waals surface area (Å²) in [4.78, 5) is 11.8. The Bertz CT molecular complexity index is 652. The summed E-state index contributed by atoms with van der Waals surface area (Å²) < 4.78 is 23.8. The van der Waals surface area contributed by atoms with Gasteiger partial charge in [0.15, 0.2) is 0 Å².